The van der Waals surface area contributed by atoms with E-state index in [2.05, 4.69) is 59.0 Å². The van der Waals surface area contributed by atoms with Crippen molar-refractivity contribution in [3.63, 3.8) is 0 Å². The maximum Gasteiger partial charge on any atom is 0.0348 e. The third-order valence-corrected chi connectivity index (χ3v) is 5.33. The lowest BCUT2D eigenvalue weighted by atomic mass is 10.1. The molecule has 0 aliphatic carbocycles. The minimum Gasteiger partial charge on any atom is -0.382 e. The van der Waals surface area contributed by atoms with Crippen LogP contribution in [-0.4, -0.2) is 17.5 Å². The largest absolute Gasteiger partial charge is 0.382 e. The van der Waals surface area contributed by atoms with Gasteiger partial charge in [0.15, 0.2) is 0 Å². The van der Waals surface area contributed by atoms with Crippen molar-refractivity contribution in [1.82, 2.24) is 0 Å². The zero-order chi connectivity index (χ0) is 11.5. The van der Waals surface area contributed by atoms with Gasteiger partial charge >= 0.3 is 0 Å². The monoisotopic (exact) mass is 299 g/mol. The van der Waals surface area contributed by atoms with Crippen molar-refractivity contribution in [2.75, 3.05) is 16.8 Å². The second-order valence-corrected chi connectivity index (χ2v) is 6.47. The second kappa shape index (κ2) is 5.46. The van der Waals surface area contributed by atoms with Crippen LogP contribution in [0.4, 0.5) is 5.69 Å². The normalized spacial score (nSPS) is 17.4. The van der Waals surface area contributed by atoms with Crippen LogP contribution in [0.5, 0.6) is 0 Å². The van der Waals surface area contributed by atoms with E-state index >= 15 is 0 Å². The Morgan fingerprint density at radius 3 is 2.31 bits per heavy atom. The van der Waals surface area contributed by atoms with E-state index in [1.807, 2.05) is 0 Å². The molecule has 0 saturated carbocycles. The first-order valence-corrected chi connectivity index (χ1v) is 7.72. The Kier molecular flexibility index (Phi) is 4.20. The number of anilines is 1. The third-order valence-electron chi connectivity index (χ3n) is 3.03. The number of rotatable bonds is 2. The first-order valence-electron chi connectivity index (χ1n) is 5.78. The standard InChI is InChI=1S/C13H18BrNS/c1-9-7-12(8-10(2)13(9)14)15-11-3-5-16-6-4-11/h7-8,11,15H,3-6H2,1-2H3. The molecule has 3 heteroatoms. The molecule has 0 radical (unpaired) electrons. The highest BCUT2D eigenvalue weighted by molar-refractivity contribution is 9.10. The molecule has 0 bridgehead atoms. The van der Waals surface area contributed by atoms with Crippen molar-refractivity contribution in [1.29, 1.82) is 0 Å². The van der Waals surface area contributed by atoms with Crippen molar-refractivity contribution < 1.29 is 0 Å². The Hall–Kier alpha value is -0.150. The zero-order valence-electron chi connectivity index (χ0n) is 9.85. The number of hydrogen-bond acceptors (Lipinski definition) is 2. The fourth-order valence-electron chi connectivity index (χ4n) is 2.11. The number of halogens is 1. The van der Waals surface area contributed by atoms with Crippen LogP contribution in [0.25, 0.3) is 0 Å². The van der Waals surface area contributed by atoms with Gasteiger partial charge in [-0.15, -0.1) is 0 Å². The summed E-state index contributed by atoms with van der Waals surface area (Å²) >= 11 is 5.68. The summed E-state index contributed by atoms with van der Waals surface area (Å²) in [5.74, 6) is 2.60. The second-order valence-electron chi connectivity index (χ2n) is 4.46. The molecule has 1 aromatic carbocycles. The predicted octanol–water partition coefficient (Wildman–Crippen LogP) is 4.37. The van der Waals surface area contributed by atoms with Crippen molar-refractivity contribution in [3.8, 4) is 0 Å². The van der Waals surface area contributed by atoms with Crippen LogP contribution in [0.3, 0.4) is 0 Å². The maximum absolute atomic E-state index is 3.66. The van der Waals surface area contributed by atoms with Gasteiger partial charge in [0.1, 0.15) is 0 Å². The van der Waals surface area contributed by atoms with Gasteiger partial charge in [-0.25, -0.2) is 0 Å². The van der Waals surface area contributed by atoms with Gasteiger partial charge in [-0.3, -0.25) is 0 Å². The van der Waals surface area contributed by atoms with Gasteiger partial charge in [-0.2, -0.15) is 11.8 Å². The van der Waals surface area contributed by atoms with Crippen LogP contribution in [-0.2, 0) is 0 Å². The van der Waals surface area contributed by atoms with E-state index in [0.29, 0.717) is 6.04 Å². The highest BCUT2D eigenvalue weighted by atomic mass is 79.9. The Balaban J connectivity index is 2.09. The molecular weight excluding hydrogens is 282 g/mol. The van der Waals surface area contributed by atoms with Crippen LogP contribution in [0.2, 0.25) is 0 Å². The molecule has 2 rings (SSSR count). The molecule has 1 aromatic rings. The van der Waals surface area contributed by atoms with Crippen LogP contribution in [0, 0.1) is 13.8 Å². The van der Waals surface area contributed by atoms with Gasteiger partial charge in [-0.1, -0.05) is 15.9 Å². The average molecular weight is 300 g/mol. The number of nitrogens with one attached hydrogen (secondary N) is 1. The maximum atomic E-state index is 3.66. The highest BCUT2D eigenvalue weighted by Gasteiger charge is 2.13. The molecule has 0 spiro atoms. The number of thioether (sulfide) groups is 1. The predicted molar refractivity (Wildman–Crippen MR) is 77.6 cm³/mol. The Labute approximate surface area is 111 Å². The molecule has 1 N–H and O–H groups in total. The smallest absolute Gasteiger partial charge is 0.0348 e. The van der Waals surface area contributed by atoms with Crippen LogP contribution in [0.15, 0.2) is 16.6 Å². The topological polar surface area (TPSA) is 12.0 Å². The molecule has 1 nitrogen and oxygen atoms in total. The molecule has 0 unspecified atom stereocenters. The molecule has 1 aliphatic heterocycles. The molecule has 16 heavy (non-hydrogen) atoms. The van der Waals surface area contributed by atoms with Gasteiger partial charge in [0.2, 0.25) is 0 Å². The molecule has 0 amide bonds. The summed E-state index contributed by atoms with van der Waals surface area (Å²) in [4.78, 5) is 0. The lowest BCUT2D eigenvalue weighted by molar-refractivity contribution is 0.667. The van der Waals surface area contributed by atoms with Gasteiger partial charge in [0, 0.05) is 16.2 Å². The summed E-state index contributed by atoms with van der Waals surface area (Å²) in [7, 11) is 0. The van der Waals surface area contributed by atoms with Gasteiger partial charge in [0.05, 0.1) is 0 Å². The molecule has 1 saturated heterocycles. The summed E-state index contributed by atoms with van der Waals surface area (Å²) in [5, 5.41) is 3.66. The van der Waals surface area contributed by atoms with E-state index in [0.717, 1.165) is 0 Å². The molecular formula is C13H18BrNS. The number of hydrogen-bond donors (Lipinski definition) is 1. The lowest BCUT2D eigenvalue weighted by Gasteiger charge is -2.24. The lowest BCUT2D eigenvalue weighted by Crippen LogP contribution is -2.24. The fraction of sp³-hybridized carbons (Fsp3) is 0.538. The van der Waals surface area contributed by atoms with E-state index in [9.17, 15) is 0 Å². The minimum atomic E-state index is 0.668. The SMILES string of the molecule is Cc1cc(NC2CCSCC2)cc(C)c1Br. The van der Waals surface area contributed by atoms with Crippen LogP contribution >= 0.6 is 27.7 Å². The summed E-state index contributed by atoms with van der Waals surface area (Å²) in [5.41, 5.74) is 3.90. The van der Waals surface area contributed by atoms with Crippen LogP contribution < -0.4 is 5.32 Å². The zero-order valence-corrected chi connectivity index (χ0v) is 12.2. The fourth-order valence-corrected chi connectivity index (χ4v) is 3.44. The van der Waals surface area contributed by atoms with Gasteiger partial charge in [-0.05, 0) is 61.5 Å². The average Bonchev–Trinajstić information content (AvgIpc) is 2.27. The van der Waals surface area contributed by atoms with Crippen molar-refractivity contribution in [2.24, 2.45) is 0 Å². The van der Waals surface area contributed by atoms with E-state index in [1.54, 1.807) is 0 Å². The quantitative estimate of drug-likeness (QED) is 0.870. The van der Waals surface area contributed by atoms with Crippen molar-refractivity contribution >= 4 is 33.4 Å². The minimum absolute atomic E-state index is 0.668. The van der Waals surface area contributed by atoms with E-state index in [-0.39, 0.29) is 0 Å². The summed E-state index contributed by atoms with van der Waals surface area (Å²) < 4.78 is 1.23. The van der Waals surface area contributed by atoms with E-state index in [4.69, 9.17) is 0 Å². The Bertz CT molecular complexity index is 349. The summed E-state index contributed by atoms with van der Waals surface area (Å²) in [6.07, 6.45) is 2.58. The van der Waals surface area contributed by atoms with Crippen molar-refractivity contribution in [2.45, 2.75) is 32.7 Å². The van der Waals surface area contributed by atoms with Crippen LogP contribution in [0.1, 0.15) is 24.0 Å². The van der Waals surface area contributed by atoms with Crippen molar-refractivity contribution in [3.05, 3.63) is 27.7 Å². The summed E-state index contributed by atoms with van der Waals surface area (Å²) in [6.45, 7) is 4.30. The Morgan fingerprint density at radius 2 is 1.75 bits per heavy atom. The first kappa shape index (κ1) is 12.3. The third kappa shape index (κ3) is 2.95. The molecule has 88 valence electrons. The highest BCUT2D eigenvalue weighted by Crippen LogP contribution is 2.27. The van der Waals surface area contributed by atoms with Gasteiger partial charge < -0.3 is 5.32 Å². The molecule has 1 fully saturated rings. The first-order chi connectivity index (χ1) is 7.66. The number of aryl methyl sites for hydroxylation is 2. The molecule has 1 aliphatic rings. The van der Waals surface area contributed by atoms with E-state index < -0.39 is 0 Å². The summed E-state index contributed by atoms with van der Waals surface area (Å²) in [6, 6.07) is 5.14. The molecule has 0 aromatic heterocycles. The Morgan fingerprint density at radius 1 is 1.19 bits per heavy atom. The molecule has 1 heterocycles. The number of benzene rings is 1. The van der Waals surface area contributed by atoms with E-state index in [1.165, 1.54) is 45.6 Å². The molecule has 0 atom stereocenters. The van der Waals surface area contributed by atoms with Gasteiger partial charge in [0.25, 0.3) is 0 Å².